The lowest BCUT2D eigenvalue weighted by Gasteiger charge is -2.36. The van der Waals surface area contributed by atoms with Crippen molar-refractivity contribution < 1.29 is 9.90 Å². The third-order valence-electron chi connectivity index (χ3n) is 3.71. The highest BCUT2D eigenvalue weighted by molar-refractivity contribution is 7.18. The lowest BCUT2D eigenvalue weighted by Crippen LogP contribution is -2.48. The molecule has 2 heterocycles. The van der Waals surface area contributed by atoms with Gasteiger partial charge >= 0.3 is 0 Å². The number of aliphatic hydroxyl groups is 1. The number of thiazole rings is 1. The summed E-state index contributed by atoms with van der Waals surface area (Å²) < 4.78 is 0. The van der Waals surface area contributed by atoms with Crippen LogP contribution in [-0.4, -0.2) is 45.6 Å². The minimum atomic E-state index is -0.803. The highest BCUT2D eigenvalue weighted by Crippen LogP contribution is 2.32. The standard InChI is InChI=1S/C13H20N4O2S/c1-13(19)5-2-6-17(7-13)11(18)9-10(14)16-12(20-9)15-8-3-4-8/h8,19H,2-7,14H2,1H3,(H,15,16). The first-order chi connectivity index (χ1) is 9.44. The van der Waals surface area contributed by atoms with Crippen LogP contribution < -0.4 is 11.1 Å². The Hall–Kier alpha value is -1.34. The van der Waals surface area contributed by atoms with Crippen molar-refractivity contribution in [2.45, 2.75) is 44.2 Å². The summed E-state index contributed by atoms with van der Waals surface area (Å²) in [4.78, 5) is 18.9. The minimum absolute atomic E-state index is 0.121. The van der Waals surface area contributed by atoms with E-state index in [1.54, 1.807) is 11.8 Å². The molecular weight excluding hydrogens is 276 g/mol. The number of anilines is 2. The highest BCUT2D eigenvalue weighted by Gasteiger charge is 2.33. The van der Waals surface area contributed by atoms with Crippen molar-refractivity contribution in [3.05, 3.63) is 4.88 Å². The third-order valence-corrected chi connectivity index (χ3v) is 4.71. The maximum absolute atomic E-state index is 12.5. The highest BCUT2D eigenvalue weighted by atomic mass is 32.1. The Morgan fingerprint density at radius 3 is 3.00 bits per heavy atom. The van der Waals surface area contributed by atoms with E-state index in [0.717, 1.165) is 30.8 Å². The molecule has 0 spiro atoms. The van der Waals surface area contributed by atoms with Crippen LogP contribution in [0.3, 0.4) is 0 Å². The first kappa shape index (κ1) is 13.6. The van der Waals surface area contributed by atoms with E-state index in [2.05, 4.69) is 10.3 Å². The zero-order chi connectivity index (χ0) is 14.3. The fraction of sp³-hybridized carbons (Fsp3) is 0.692. The fourth-order valence-corrected chi connectivity index (χ4v) is 3.42. The quantitative estimate of drug-likeness (QED) is 0.781. The van der Waals surface area contributed by atoms with Gasteiger partial charge in [-0.1, -0.05) is 11.3 Å². The van der Waals surface area contributed by atoms with Gasteiger partial charge in [0.15, 0.2) is 5.13 Å². The number of amides is 1. The van der Waals surface area contributed by atoms with Crippen LogP contribution in [0.4, 0.5) is 10.9 Å². The summed E-state index contributed by atoms with van der Waals surface area (Å²) in [5.74, 6) is 0.164. The van der Waals surface area contributed by atoms with Crippen molar-refractivity contribution in [2.75, 3.05) is 24.1 Å². The fourth-order valence-electron chi connectivity index (χ4n) is 2.49. The van der Waals surface area contributed by atoms with E-state index < -0.39 is 5.60 Å². The van der Waals surface area contributed by atoms with Crippen molar-refractivity contribution in [3.8, 4) is 0 Å². The van der Waals surface area contributed by atoms with Gasteiger partial charge in [-0.3, -0.25) is 4.79 Å². The number of likely N-dealkylation sites (tertiary alicyclic amines) is 1. The zero-order valence-corrected chi connectivity index (χ0v) is 12.4. The first-order valence-corrected chi connectivity index (χ1v) is 7.81. The van der Waals surface area contributed by atoms with Gasteiger partial charge in [-0.05, 0) is 32.6 Å². The number of nitrogens with zero attached hydrogens (tertiary/aromatic N) is 2. The number of nitrogens with one attached hydrogen (secondary N) is 1. The van der Waals surface area contributed by atoms with Gasteiger partial charge in [0.25, 0.3) is 5.91 Å². The molecule has 110 valence electrons. The van der Waals surface area contributed by atoms with E-state index in [9.17, 15) is 9.90 Å². The molecular formula is C13H20N4O2S. The maximum Gasteiger partial charge on any atom is 0.267 e. The van der Waals surface area contributed by atoms with Gasteiger partial charge < -0.3 is 21.1 Å². The van der Waals surface area contributed by atoms with Crippen LogP contribution in [0.2, 0.25) is 0 Å². The molecule has 1 aliphatic carbocycles. The Kier molecular flexibility index (Phi) is 3.33. The number of rotatable bonds is 3. The second-order valence-electron chi connectivity index (χ2n) is 5.98. The monoisotopic (exact) mass is 296 g/mol. The topological polar surface area (TPSA) is 91.5 Å². The smallest absolute Gasteiger partial charge is 0.267 e. The van der Waals surface area contributed by atoms with Crippen molar-refractivity contribution in [1.29, 1.82) is 0 Å². The summed E-state index contributed by atoms with van der Waals surface area (Å²) in [6.07, 6.45) is 3.84. The molecule has 2 fully saturated rings. The van der Waals surface area contributed by atoms with Crippen molar-refractivity contribution >= 4 is 28.2 Å². The number of nitrogen functional groups attached to an aromatic ring is 1. The number of hydrogen-bond donors (Lipinski definition) is 3. The van der Waals surface area contributed by atoms with E-state index in [4.69, 9.17) is 5.73 Å². The maximum atomic E-state index is 12.5. The largest absolute Gasteiger partial charge is 0.388 e. The van der Waals surface area contributed by atoms with Gasteiger partial charge in [-0.15, -0.1) is 0 Å². The second-order valence-corrected chi connectivity index (χ2v) is 6.98. The number of hydrogen-bond acceptors (Lipinski definition) is 6. The van der Waals surface area contributed by atoms with Crippen molar-refractivity contribution in [1.82, 2.24) is 9.88 Å². The molecule has 1 aromatic rings. The van der Waals surface area contributed by atoms with Gasteiger partial charge in [0.1, 0.15) is 10.7 Å². The molecule has 3 rings (SSSR count). The van der Waals surface area contributed by atoms with Gasteiger partial charge in [0.05, 0.1) is 5.60 Å². The van der Waals surface area contributed by atoms with Gasteiger partial charge in [0.2, 0.25) is 0 Å². The third kappa shape index (κ3) is 2.88. The van der Waals surface area contributed by atoms with Crippen LogP contribution in [0.5, 0.6) is 0 Å². The van der Waals surface area contributed by atoms with Crippen LogP contribution in [0, 0.1) is 0 Å². The SMILES string of the molecule is CC1(O)CCCN(C(=O)c2sc(NC3CC3)nc2N)C1. The van der Waals surface area contributed by atoms with Crippen molar-refractivity contribution in [2.24, 2.45) is 0 Å². The minimum Gasteiger partial charge on any atom is -0.388 e. The average molecular weight is 296 g/mol. The number of piperidine rings is 1. The Bertz CT molecular complexity index is 524. The Balaban J connectivity index is 1.74. The zero-order valence-electron chi connectivity index (χ0n) is 11.6. The summed E-state index contributed by atoms with van der Waals surface area (Å²) in [6.45, 7) is 2.79. The van der Waals surface area contributed by atoms with Crippen LogP contribution in [-0.2, 0) is 0 Å². The van der Waals surface area contributed by atoms with E-state index in [1.807, 2.05) is 0 Å². The van der Waals surface area contributed by atoms with Crippen LogP contribution in [0.1, 0.15) is 42.3 Å². The lowest BCUT2D eigenvalue weighted by molar-refractivity contribution is -0.0105. The second kappa shape index (κ2) is 4.89. The predicted octanol–water partition coefficient (Wildman–Crippen LogP) is 1.29. The average Bonchev–Trinajstić information content (AvgIpc) is 3.10. The van der Waals surface area contributed by atoms with E-state index >= 15 is 0 Å². The number of β-amino-alcohol motifs (C(OH)–C–C–N with tert-alkyl or cyclic N) is 1. The number of nitrogens with two attached hydrogens (primary N) is 1. The summed E-state index contributed by atoms with van der Waals surface area (Å²) in [6, 6.07) is 0.485. The van der Waals surface area contributed by atoms with Gasteiger partial charge in [-0.25, -0.2) is 4.98 Å². The van der Waals surface area contributed by atoms with Crippen LogP contribution >= 0.6 is 11.3 Å². The molecule has 0 aromatic carbocycles. The van der Waals surface area contributed by atoms with Crippen LogP contribution in [0.15, 0.2) is 0 Å². The van der Waals surface area contributed by atoms with E-state index in [-0.39, 0.29) is 11.7 Å². The first-order valence-electron chi connectivity index (χ1n) is 6.99. The molecule has 20 heavy (non-hydrogen) atoms. The molecule has 2 aliphatic rings. The molecule has 0 radical (unpaired) electrons. The molecule has 1 saturated heterocycles. The molecule has 0 bridgehead atoms. The number of aromatic nitrogens is 1. The molecule has 1 saturated carbocycles. The summed E-state index contributed by atoms with van der Waals surface area (Å²) in [5.41, 5.74) is 5.06. The lowest BCUT2D eigenvalue weighted by atomic mass is 9.95. The normalized spacial score (nSPS) is 26.6. The van der Waals surface area contributed by atoms with Gasteiger partial charge in [0, 0.05) is 19.1 Å². The number of carbonyl (C=O) groups is 1. The van der Waals surface area contributed by atoms with E-state index in [0.29, 0.717) is 24.0 Å². The van der Waals surface area contributed by atoms with E-state index in [1.165, 1.54) is 11.3 Å². The van der Waals surface area contributed by atoms with Crippen LogP contribution in [0.25, 0.3) is 0 Å². The molecule has 7 heteroatoms. The molecule has 6 nitrogen and oxygen atoms in total. The Labute approximate surface area is 122 Å². The Morgan fingerprint density at radius 2 is 2.35 bits per heavy atom. The molecule has 4 N–H and O–H groups in total. The van der Waals surface area contributed by atoms with Crippen molar-refractivity contribution in [3.63, 3.8) is 0 Å². The molecule has 1 atom stereocenters. The Morgan fingerprint density at radius 1 is 1.60 bits per heavy atom. The summed E-state index contributed by atoms with van der Waals surface area (Å²) in [5, 5.41) is 14.1. The molecule has 1 amide bonds. The summed E-state index contributed by atoms with van der Waals surface area (Å²) >= 11 is 1.31. The molecule has 1 aliphatic heterocycles. The van der Waals surface area contributed by atoms with Gasteiger partial charge in [-0.2, -0.15) is 0 Å². The summed E-state index contributed by atoms with van der Waals surface area (Å²) in [7, 11) is 0. The predicted molar refractivity (Wildman–Crippen MR) is 78.9 cm³/mol. The molecule has 1 unspecified atom stereocenters. The number of carbonyl (C=O) groups excluding carboxylic acids is 1. The molecule has 1 aromatic heterocycles.